The maximum atomic E-state index is 5.97. The van der Waals surface area contributed by atoms with E-state index in [2.05, 4.69) is 48.2 Å². The number of aromatic nitrogens is 2. The summed E-state index contributed by atoms with van der Waals surface area (Å²) >= 11 is 0. The number of anilines is 1. The molecule has 0 bridgehead atoms. The van der Waals surface area contributed by atoms with Gasteiger partial charge in [0.25, 0.3) is 0 Å². The average molecular weight is 285 g/mol. The summed E-state index contributed by atoms with van der Waals surface area (Å²) in [5.74, 6) is 2.33. The molecular formula is C17H23N3O. The highest BCUT2D eigenvalue weighted by atomic mass is 16.5. The third-order valence-electron chi connectivity index (χ3n) is 3.32. The topological polar surface area (TPSA) is 47.0 Å². The van der Waals surface area contributed by atoms with Crippen molar-refractivity contribution in [1.82, 2.24) is 9.97 Å². The number of hydrogen-bond donors (Lipinski definition) is 1. The number of hydrogen-bond acceptors (Lipinski definition) is 4. The van der Waals surface area contributed by atoms with E-state index in [0.717, 1.165) is 42.9 Å². The van der Waals surface area contributed by atoms with Gasteiger partial charge in [-0.2, -0.15) is 0 Å². The summed E-state index contributed by atoms with van der Waals surface area (Å²) < 4.78 is 5.97. The standard InChI is InChI=1S/C17H23N3O/c1-4-10-18-16-15(6-3)17(20-12-19-16)21-14-9-7-8-13(5-2)11-14/h7-9,11-12H,4-6,10H2,1-3H3,(H,18,19,20). The summed E-state index contributed by atoms with van der Waals surface area (Å²) in [4.78, 5) is 8.62. The molecule has 0 amide bonds. The molecule has 1 heterocycles. The Bertz CT molecular complexity index is 584. The molecule has 21 heavy (non-hydrogen) atoms. The first-order valence-electron chi connectivity index (χ1n) is 7.63. The van der Waals surface area contributed by atoms with Gasteiger partial charge in [0.15, 0.2) is 0 Å². The van der Waals surface area contributed by atoms with Gasteiger partial charge in [-0.05, 0) is 37.0 Å². The lowest BCUT2D eigenvalue weighted by atomic mass is 10.1. The SMILES string of the molecule is CCCNc1ncnc(Oc2cccc(CC)c2)c1CC. The van der Waals surface area contributed by atoms with Crippen LogP contribution in [0.15, 0.2) is 30.6 Å². The Morgan fingerprint density at radius 2 is 1.95 bits per heavy atom. The normalized spacial score (nSPS) is 10.4. The summed E-state index contributed by atoms with van der Waals surface area (Å²) in [6, 6.07) is 8.12. The summed E-state index contributed by atoms with van der Waals surface area (Å²) in [7, 11) is 0. The van der Waals surface area contributed by atoms with Gasteiger partial charge in [0.1, 0.15) is 17.9 Å². The maximum Gasteiger partial charge on any atom is 0.227 e. The van der Waals surface area contributed by atoms with Crippen LogP contribution in [-0.4, -0.2) is 16.5 Å². The van der Waals surface area contributed by atoms with Crippen molar-refractivity contribution in [1.29, 1.82) is 0 Å². The second-order valence-corrected chi connectivity index (χ2v) is 4.89. The van der Waals surface area contributed by atoms with Crippen LogP contribution in [-0.2, 0) is 12.8 Å². The van der Waals surface area contributed by atoms with Gasteiger partial charge in [-0.3, -0.25) is 0 Å². The Morgan fingerprint density at radius 3 is 2.67 bits per heavy atom. The minimum atomic E-state index is 0.638. The van der Waals surface area contributed by atoms with Crippen LogP contribution in [0.25, 0.3) is 0 Å². The Hall–Kier alpha value is -2.10. The van der Waals surface area contributed by atoms with E-state index in [1.807, 2.05) is 12.1 Å². The van der Waals surface area contributed by atoms with E-state index in [1.165, 1.54) is 5.56 Å². The van der Waals surface area contributed by atoms with Crippen LogP contribution in [0.2, 0.25) is 0 Å². The van der Waals surface area contributed by atoms with Gasteiger partial charge >= 0.3 is 0 Å². The molecule has 112 valence electrons. The Morgan fingerprint density at radius 1 is 1.10 bits per heavy atom. The summed E-state index contributed by atoms with van der Waals surface area (Å²) in [6.45, 7) is 7.25. The lowest BCUT2D eigenvalue weighted by Crippen LogP contribution is -2.07. The van der Waals surface area contributed by atoms with E-state index in [1.54, 1.807) is 6.33 Å². The van der Waals surface area contributed by atoms with Crippen molar-refractivity contribution in [3.8, 4) is 11.6 Å². The maximum absolute atomic E-state index is 5.97. The predicted octanol–water partition coefficient (Wildman–Crippen LogP) is 4.22. The zero-order valence-corrected chi connectivity index (χ0v) is 13.0. The second-order valence-electron chi connectivity index (χ2n) is 4.89. The smallest absolute Gasteiger partial charge is 0.227 e. The van der Waals surface area contributed by atoms with E-state index < -0.39 is 0 Å². The van der Waals surface area contributed by atoms with Crippen LogP contribution in [0, 0.1) is 0 Å². The van der Waals surface area contributed by atoms with E-state index in [-0.39, 0.29) is 0 Å². The Kier molecular flexibility index (Phi) is 5.55. The van der Waals surface area contributed by atoms with Crippen LogP contribution in [0.1, 0.15) is 38.3 Å². The molecular weight excluding hydrogens is 262 g/mol. The first kappa shape index (κ1) is 15.3. The molecule has 0 radical (unpaired) electrons. The molecule has 4 nitrogen and oxygen atoms in total. The molecule has 0 atom stereocenters. The fraction of sp³-hybridized carbons (Fsp3) is 0.412. The molecule has 0 aliphatic rings. The predicted molar refractivity (Wildman–Crippen MR) is 86.1 cm³/mol. The van der Waals surface area contributed by atoms with Crippen LogP contribution in [0.4, 0.5) is 5.82 Å². The molecule has 0 saturated carbocycles. The molecule has 0 spiro atoms. The molecule has 1 N–H and O–H groups in total. The lowest BCUT2D eigenvalue weighted by molar-refractivity contribution is 0.455. The van der Waals surface area contributed by atoms with E-state index in [0.29, 0.717) is 5.88 Å². The van der Waals surface area contributed by atoms with Gasteiger partial charge in [0.2, 0.25) is 5.88 Å². The lowest BCUT2D eigenvalue weighted by Gasteiger charge is -2.13. The number of nitrogens with zero attached hydrogens (tertiary/aromatic N) is 2. The van der Waals surface area contributed by atoms with Gasteiger partial charge in [-0.25, -0.2) is 9.97 Å². The van der Waals surface area contributed by atoms with Gasteiger partial charge in [-0.1, -0.05) is 32.9 Å². The number of rotatable bonds is 7. The largest absolute Gasteiger partial charge is 0.439 e. The molecule has 0 aliphatic carbocycles. The minimum absolute atomic E-state index is 0.638. The monoisotopic (exact) mass is 285 g/mol. The van der Waals surface area contributed by atoms with Crippen molar-refractivity contribution >= 4 is 5.82 Å². The third kappa shape index (κ3) is 3.94. The molecule has 0 aliphatic heterocycles. The zero-order valence-electron chi connectivity index (χ0n) is 13.0. The number of benzene rings is 1. The highest BCUT2D eigenvalue weighted by Gasteiger charge is 2.11. The van der Waals surface area contributed by atoms with Gasteiger partial charge in [0, 0.05) is 6.54 Å². The summed E-state index contributed by atoms with van der Waals surface area (Å²) in [5, 5.41) is 3.33. The highest BCUT2D eigenvalue weighted by molar-refractivity contribution is 5.49. The van der Waals surface area contributed by atoms with Crippen LogP contribution in [0.5, 0.6) is 11.6 Å². The highest BCUT2D eigenvalue weighted by Crippen LogP contribution is 2.27. The van der Waals surface area contributed by atoms with Crippen molar-refractivity contribution in [3.05, 3.63) is 41.7 Å². The van der Waals surface area contributed by atoms with Crippen LogP contribution >= 0.6 is 0 Å². The molecule has 1 aromatic carbocycles. The number of nitrogens with one attached hydrogen (secondary N) is 1. The first-order chi connectivity index (χ1) is 10.3. The fourth-order valence-electron chi connectivity index (χ4n) is 2.14. The fourth-order valence-corrected chi connectivity index (χ4v) is 2.14. The summed E-state index contributed by atoms with van der Waals surface area (Å²) in [5.41, 5.74) is 2.27. The van der Waals surface area contributed by atoms with Crippen LogP contribution in [0.3, 0.4) is 0 Å². The number of ether oxygens (including phenoxy) is 1. The van der Waals surface area contributed by atoms with Gasteiger partial charge in [-0.15, -0.1) is 0 Å². The summed E-state index contributed by atoms with van der Waals surface area (Å²) in [6.07, 6.45) is 4.43. The van der Waals surface area contributed by atoms with Crippen LogP contribution < -0.4 is 10.1 Å². The first-order valence-corrected chi connectivity index (χ1v) is 7.63. The Balaban J connectivity index is 2.26. The van der Waals surface area contributed by atoms with Crippen molar-refractivity contribution in [2.75, 3.05) is 11.9 Å². The third-order valence-corrected chi connectivity index (χ3v) is 3.32. The molecule has 2 aromatic rings. The quantitative estimate of drug-likeness (QED) is 0.827. The Labute approximate surface area is 126 Å². The molecule has 1 aromatic heterocycles. The van der Waals surface area contributed by atoms with Gasteiger partial charge < -0.3 is 10.1 Å². The molecule has 2 rings (SSSR count). The van der Waals surface area contributed by atoms with E-state index in [9.17, 15) is 0 Å². The minimum Gasteiger partial charge on any atom is -0.439 e. The second kappa shape index (κ2) is 7.62. The molecule has 4 heteroatoms. The van der Waals surface area contributed by atoms with Crippen molar-refractivity contribution in [3.63, 3.8) is 0 Å². The van der Waals surface area contributed by atoms with Gasteiger partial charge in [0.05, 0.1) is 5.56 Å². The van der Waals surface area contributed by atoms with E-state index in [4.69, 9.17) is 4.74 Å². The molecule has 0 saturated heterocycles. The van der Waals surface area contributed by atoms with Crippen molar-refractivity contribution in [2.45, 2.75) is 40.0 Å². The average Bonchev–Trinajstić information content (AvgIpc) is 2.53. The zero-order chi connectivity index (χ0) is 15.1. The van der Waals surface area contributed by atoms with E-state index >= 15 is 0 Å². The number of aryl methyl sites for hydroxylation is 1. The molecule has 0 unspecified atom stereocenters. The van der Waals surface area contributed by atoms with Crippen molar-refractivity contribution < 1.29 is 4.74 Å². The molecule has 0 fully saturated rings. The van der Waals surface area contributed by atoms with Crippen molar-refractivity contribution in [2.24, 2.45) is 0 Å².